The Morgan fingerprint density at radius 3 is 2.77 bits per heavy atom. The molecule has 5 rings (SSSR count). The zero-order valence-electron chi connectivity index (χ0n) is 17.8. The zero-order chi connectivity index (χ0) is 20.7. The molecule has 0 radical (unpaired) electrons. The molecule has 2 N–H and O–H groups in total. The van der Waals surface area contributed by atoms with Crippen molar-refractivity contribution in [2.45, 2.75) is 64.2 Å². The third-order valence-corrected chi connectivity index (χ3v) is 6.27. The van der Waals surface area contributed by atoms with Gasteiger partial charge < -0.3 is 9.88 Å². The van der Waals surface area contributed by atoms with E-state index < -0.39 is 0 Å². The SMILES string of the molecule is CC(C)C[C@@H]1N[C@H](C(=O)NC2CC2)Cc2cn(Cc3ccncc3)c3cccc1c23. The van der Waals surface area contributed by atoms with Gasteiger partial charge in [0.25, 0.3) is 0 Å². The van der Waals surface area contributed by atoms with Crippen molar-refractivity contribution in [1.82, 2.24) is 20.2 Å². The predicted molar refractivity (Wildman–Crippen MR) is 119 cm³/mol. The summed E-state index contributed by atoms with van der Waals surface area (Å²) < 4.78 is 2.33. The Labute approximate surface area is 177 Å². The first-order valence-corrected chi connectivity index (χ1v) is 11.1. The number of amides is 1. The second-order valence-corrected chi connectivity index (χ2v) is 9.27. The molecule has 2 aliphatic rings. The first-order chi connectivity index (χ1) is 14.6. The Kier molecular flexibility index (Phi) is 5.07. The van der Waals surface area contributed by atoms with Crippen LogP contribution < -0.4 is 10.6 Å². The van der Waals surface area contributed by atoms with Crippen LogP contribution in [0.1, 0.15) is 55.8 Å². The monoisotopic (exact) mass is 402 g/mol. The van der Waals surface area contributed by atoms with Gasteiger partial charge in [-0.25, -0.2) is 0 Å². The predicted octanol–water partition coefficient (Wildman–Crippen LogP) is 3.96. The van der Waals surface area contributed by atoms with Crippen LogP contribution in [0.3, 0.4) is 0 Å². The summed E-state index contributed by atoms with van der Waals surface area (Å²) in [7, 11) is 0. The minimum absolute atomic E-state index is 0.147. The molecule has 2 atom stereocenters. The summed E-state index contributed by atoms with van der Waals surface area (Å²) in [5.41, 5.74) is 5.07. The number of benzene rings is 1. The highest BCUT2D eigenvalue weighted by molar-refractivity contribution is 5.90. The third kappa shape index (κ3) is 3.86. The van der Waals surface area contributed by atoms with E-state index in [1.54, 1.807) is 0 Å². The molecule has 1 aliphatic carbocycles. The van der Waals surface area contributed by atoms with Crippen molar-refractivity contribution in [1.29, 1.82) is 0 Å². The normalized spacial score (nSPS) is 21.0. The summed E-state index contributed by atoms with van der Waals surface area (Å²) in [5, 5.41) is 8.25. The molecule has 5 heteroatoms. The maximum atomic E-state index is 13.0. The highest BCUT2D eigenvalue weighted by Crippen LogP contribution is 2.36. The molecule has 3 heterocycles. The van der Waals surface area contributed by atoms with Crippen LogP contribution in [0.5, 0.6) is 0 Å². The molecule has 1 amide bonds. The average molecular weight is 403 g/mol. The van der Waals surface area contributed by atoms with Crippen molar-refractivity contribution >= 4 is 16.8 Å². The quantitative estimate of drug-likeness (QED) is 0.656. The second-order valence-electron chi connectivity index (χ2n) is 9.27. The average Bonchev–Trinajstić information content (AvgIpc) is 3.50. The fourth-order valence-corrected chi connectivity index (χ4v) is 4.71. The van der Waals surface area contributed by atoms with E-state index in [2.05, 4.69) is 70.6 Å². The summed E-state index contributed by atoms with van der Waals surface area (Å²) in [6.07, 6.45) is 9.91. The van der Waals surface area contributed by atoms with Crippen LogP contribution in [-0.2, 0) is 17.8 Å². The number of hydrogen-bond acceptors (Lipinski definition) is 3. The van der Waals surface area contributed by atoms with E-state index in [1.165, 1.54) is 27.6 Å². The van der Waals surface area contributed by atoms with E-state index in [9.17, 15) is 4.79 Å². The molecule has 156 valence electrons. The number of hydrogen-bond donors (Lipinski definition) is 2. The van der Waals surface area contributed by atoms with Gasteiger partial charge in [0.05, 0.1) is 6.04 Å². The zero-order valence-corrected chi connectivity index (χ0v) is 17.8. The molecule has 1 aromatic carbocycles. The fourth-order valence-electron chi connectivity index (χ4n) is 4.71. The topological polar surface area (TPSA) is 59.0 Å². The van der Waals surface area contributed by atoms with Crippen LogP contribution in [0.4, 0.5) is 0 Å². The molecule has 0 saturated heterocycles. The van der Waals surface area contributed by atoms with Gasteiger partial charge in [-0.3, -0.25) is 15.1 Å². The number of aromatic nitrogens is 2. The molecule has 0 bridgehead atoms. The summed E-state index contributed by atoms with van der Waals surface area (Å²) >= 11 is 0. The lowest BCUT2D eigenvalue weighted by atomic mass is 9.94. The van der Waals surface area contributed by atoms with Gasteiger partial charge in [-0.15, -0.1) is 0 Å². The summed E-state index contributed by atoms with van der Waals surface area (Å²) in [4.78, 5) is 17.2. The lowest BCUT2D eigenvalue weighted by Gasteiger charge is -2.25. The van der Waals surface area contributed by atoms with Crippen molar-refractivity contribution in [3.63, 3.8) is 0 Å². The molecule has 0 spiro atoms. The van der Waals surface area contributed by atoms with Crippen LogP contribution >= 0.6 is 0 Å². The Balaban J connectivity index is 1.56. The van der Waals surface area contributed by atoms with E-state index in [0.29, 0.717) is 12.0 Å². The molecule has 1 fully saturated rings. The molecular weight excluding hydrogens is 372 g/mol. The van der Waals surface area contributed by atoms with Gasteiger partial charge in [0.1, 0.15) is 0 Å². The minimum atomic E-state index is -0.193. The number of pyridine rings is 1. The first kappa shape index (κ1) is 19.3. The largest absolute Gasteiger partial charge is 0.352 e. The van der Waals surface area contributed by atoms with Gasteiger partial charge in [0, 0.05) is 48.1 Å². The smallest absolute Gasteiger partial charge is 0.237 e. The van der Waals surface area contributed by atoms with Gasteiger partial charge in [0.2, 0.25) is 5.91 Å². The second kappa shape index (κ2) is 7.88. The number of nitrogens with zero attached hydrogens (tertiary/aromatic N) is 2. The van der Waals surface area contributed by atoms with Crippen LogP contribution in [0.15, 0.2) is 48.9 Å². The number of nitrogens with one attached hydrogen (secondary N) is 2. The van der Waals surface area contributed by atoms with Crippen molar-refractivity contribution in [2.75, 3.05) is 0 Å². The van der Waals surface area contributed by atoms with Crippen molar-refractivity contribution < 1.29 is 4.79 Å². The minimum Gasteiger partial charge on any atom is -0.352 e. The molecule has 2 aromatic heterocycles. The van der Waals surface area contributed by atoms with Crippen LogP contribution in [0.2, 0.25) is 0 Å². The van der Waals surface area contributed by atoms with Crippen molar-refractivity contribution in [2.24, 2.45) is 5.92 Å². The fraction of sp³-hybridized carbons (Fsp3) is 0.440. The van der Waals surface area contributed by atoms with E-state index in [0.717, 1.165) is 32.2 Å². The molecule has 5 nitrogen and oxygen atoms in total. The third-order valence-electron chi connectivity index (χ3n) is 6.27. The Morgan fingerprint density at radius 1 is 1.23 bits per heavy atom. The number of carbonyl (C=O) groups is 1. The highest BCUT2D eigenvalue weighted by Gasteiger charge is 2.33. The first-order valence-electron chi connectivity index (χ1n) is 11.1. The van der Waals surface area contributed by atoms with Gasteiger partial charge in [-0.1, -0.05) is 26.0 Å². The summed E-state index contributed by atoms with van der Waals surface area (Å²) in [5.74, 6) is 0.694. The molecule has 3 aromatic rings. The van der Waals surface area contributed by atoms with Gasteiger partial charge >= 0.3 is 0 Å². The van der Waals surface area contributed by atoms with E-state index in [-0.39, 0.29) is 18.0 Å². The highest BCUT2D eigenvalue weighted by atomic mass is 16.2. The van der Waals surface area contributed by atoms with Gasteiger partial charge in [-0.05, 0) is 66.5 Å². The van der Waals surface area contributed by atoms with E-state index >= 15 is 0 Å². The molecule has 0 unspecified atom stereocenters. The molecule has 1 aliphatic heterocycles. The Morgan fingerprint density at radius 2 is 2.03 bits per heavy atom. The van der Waals surface area contributed by atoms with Crippen LogP contribution in [-0.4, -0.2) is 27.5 Å². The molecule has 30 heavy (non-hydrogen) atoms. The Bertz CT molecular complexity index is 1050. The van der Waals surface area contributed by atoms with Crippen LogP contribution in [0.25, 0.3) is 10.9 Å². The van der Waals surface area contributed by atoms with E-state index in [1.807, 2.05) is 12.4 Å². The van der Waals surface area contributed by atoms with Crippen LogP contribution in [0, 0.1) is 5.92 Å². The standard InChI is InChI=1S/C25H30N4O/c1-16(2)12-21-20-4-3-5-23-24(20)18(13-22(28-21)25(30)27-19-6-7-19)15-29(23)14-17-8-10-26-11-9-17/h3-5,8-11,15-16,19,21-22,28H,6-7,12-14H2,1-2H3,(H,27,30)/t21-,22-/m0/s1. The lowest BCUT2D eigenvalue weighted by Crippen LogP contribution is -2.47. The number of carbonyl (C=O) groups excluding carboxylic acids is 1. The van der Waals surface area contributed by atoms with Crippen molar-refractivity contribution in [3.05, 3.63) is 65.6 Å². The van der Waals surface area contributed by atoms with Gasteiger partial charge in [-0.2, -0.15) is 0 Å². The van der Waals surface area contributed by atoms with E-state index in [4.69, 9.17) is 0 Å². The molecule has 1 saturated carbocycles. The maximum absolute atomic E-state index is 13.0. The molecular formula is C25H30N4O. The van der Waals surface area contributed by atoms with Gasteiger partial charge in [0.15, 0.2) is 0 Å². The maximum Gasteiger partial charge on any atom is 0.237 e. The summed E-state index contributed by atoms with van der Waals surface area (Å²) in [6, 6.07) is 11.1. The summed E-state index contributed by atoms with van der Waals surface area (Å²) in [6.45, 7) is 5.31. The lowest BCUT2D eigenvalue weighted by molar-refractivity contribution is -0.123. The Hall–Kier alpha value is -2.66. The number of rotatable bonds is 6. The van der Waals surface area contributed by atoms with Crippen molar-refractivity contribution in [3.8, 4) is 0 Å².